The van der Waals surface area contributed by atoms with Gasteiger partial charge in [-0.1, -0.05) is 17.7 Å². The molecule has 1 fully saturated rings. The predicted octanol–water partition coefficient (Wildman–Crippen LogP) is -0.609. The van der Waals surface area contributed by atoms with Gasteiger partial charge in [0.1, 0.15) is 5.75 Å². The Morgan fingerprint density at radius 3 is 2.83 bits per heavy atom. The van der Waals surface area contributed by atoms with E-state index in [-0.39, 0.29) is 51.4 Å². The van der Waals surface area contributed by atoms with E-state index in [1.54, 1.807) is 7.11 Å². The second kappa shape index (κ2) is 4.77. The summed E-state index contributed by atoms with van der Waals surface area (Å²) in [5.74, 6) is 1.66. The van der Waals surface area contributed by atoms with Crippen LogP contribution >= 0.6 is 0 Å². The average molecular weight is 186 g/mol. The van der Waals surface area contributed by atoms with E-state index in [9.17, 15) is 0 Å². The minimum atomic E-state index is 0. The number of hydrogen-bond acceptors (Lipinski definition) is 1. The fourth-order valence-electron chi connectivity index (χ4n) is 1.21. The van der Waals surface area contributed by atoms with Crippen LogP contribution in [0.2, 0.25) is 0 Å². The predicted molar refractivity (Wildman–Crippen MR) is 44.7 cm³/mol. The summed E-state index contributed by atoms with van der Waals surface area (Å²) in [6.45, 7) is 0. The van der Waals surface area contributed by atoms with Crippen LogP contribution in [0.5, 0.6) is 5.75 Å². The zero-order valence-electron chi connectivity index (χ0n) is 7.58. The molecule has 0 aromatic heterocycles. The second-order valence-electron chi connectivity index (χ2n) is 2.85. The van der Waals surface area contributed by atoms with Gasteiger partial charge in [-0.2, -0.15) is 12.3 Å². The third-order valence-electron chi connectivity index (χ3n) is 1.99. The standard InChI is InChI=1S/C10H11O.K/c1-11-10-4-2-3-9(7-10)8-5-6-8;/h2-5,7-8H,6H2,1H3;/q-1;+1/t8-;/m1./s1. The Balaban J connectivity index is 0.000000720. The van der Waals surface area contributed by atoms with E-state index in [0.717, 1.165) is 5.75 Å². The Kier molecular flexibility index (Phi) is 4.27. The molecule has 0 unspecified atom stereocenters. The molecule has 0 N–H and O–H groups in total. The molecule has 0 amide bonds. The Bertz CT molecular complexity index is 256. The number of ether oxygens (including phenoxy) is 1. The first-order valence-corrected chi connectivity index (χ1v) is 3.87. The zero-order chi connectivity index (χ0) is 7.68. The van der Waals surface area contributed by atoms with Crippen LogP contribution in [0.25, 0.3) is 0 Å². The van der Waals surface area contributed by atoms with Crippen LogP contribution in [0.4, 0.5) is 0 Å². The molecule has 0 radical (unpaired) electrons. The summed E-state index contributed by atoms with van der Waals surface area (Å²) in [5.41, 5.74) is 1.38. The van der Waals surface area contributed by atoms with Crippen molar-refractivity contribution in [3.05, 3.63) is 36.2 Å². The van der Waals surface area contributed by atoms with Gasteiger partial charge in [-0.15, -0.1) is 0 Å². The van der Waals surface area contributed by atoms with Crippen LogP contribution in [0, 0.1) is 6.42 Å². The van der Waals surface area contributed by atoms with Crippen molar-refractivity contribution in [1.29, 1.82) is 0 Å². The molecule has 0 bridgehead atoms. The Morgan fingerprint density at radius 1 is 1.50 bits per heavy atom. The van der Waals surface area contributed by atoms with Crippen LogP contribution in [-0.2, 0) is 0 Å². The van der Waals surface area contributed by atoms with Gasteiger partial charge in [0.15, 0.2) is 0 Å². The maximum absolute atomic E-state index is 5.12. The van der Waals surface area contributed by atoms with Gasteiger partial charge in [0.2, 0.25) is 0 Å². The topological polar surface area (TPSA) is 9.23 Å². The summed E-state index contributed by atoms with van der Waals surface area (Å²) in [5, 5.41) is 0. The smallest absolute Gasteiger partial charge is 0.497 e. The van der Waals surface area contributed by atoms with E-state index in [2.05, 4.69) is 18.6 Å². The quantitative estimate of drug-likeness (QED) is 0.442. The van der Waals surface area contributed by atoms with Crippen molar-refractivity contribution in [3.8, 4) is 5.75 Å². The van der Waals surface area contributed by atoms with Crippen LogP contribution in [0.1, 0.15) is 17.9 Å². The largest absolute Gasteiger partial charge is 1.00 e. The molecule has 1 saturated carbocycles. The maximum atomic E-state index is 5.12. The molecule has 0 aliphatic heterocycles. The first kappa shape index (κ1) is 10.7. The van der Waals surface area contributed by atoms with Gasteiger partial charge >= 0.3 is 51.4 Å². The van der Waals surface area contributed by atoms with Crippen LogP contribution in [0.15, 0.2) is 24.3 Å². The third-order valence-corrected chi connectivity index (χ3v) is 1.99. The first-order chi connectivity index (χ1) is 5.40. The van der Waals surface area contributed by atoms with Gasteiger partial charge in [0.05, 0.1) is 7.11 Å². The van der Waals surface area contributed by atoms with E-state index < -0.39 is 0 Å². The summed E-state index contributed by atoms with van der Waals surface area (Å²) >= 11 is 0. The van der Waals surface area contributed by atoms with Crippen LogP contribution < -0.4 is 56.1 Å². The normalized spacial score (nSPS) is 19.6. The van der Waals surface area contributed by atoms with Crippen molar-refractivity contribution in [2.75, 3.05) is 7.11 Å². The van der Waals surface area contributed by atoms with Crippen molar-refractivity contribution in [2.24, 2.45) is 0 Å². The molecule has 1 aliphatic carbocycles. The molecule has 2 rings (SSSR count). The molecule has 1 aliphatic rings. The zero-order valence-corrected chi connectivity index (χ0v) is 10.7. The fourth-order valence-corrected chi connectivity index (χ4v) is 1.21. The SMILES string of the molecule is COc1cccc([C@@H]2[CH-]C2)c1.[K+]. The maximum Gasteiger partial charge on any atom is 1.00 e. The van der Waals surface area contributed by atoms with Crippen molar-refractivity contribution in [2.45, 2.75) is 12.3 Å². The summed E-state index contributed by atoms with van der Waals surface area (Å²) in [6, 6.07) is 8.27. The Hall–Kier alpha value is 0.656. The number of benzene rings is 1. The minimum absolute atomic E-state index is 0. The molecule has 0 heterocycles. The van der Waals surface area contributed by atoms with Gasteiger partial charge in [0, 0.05) is 0 Å². The number of rotatable bonds is 2. The molecule has 1 aromatic carbocycles. The molecular weight excluding hydrogens is 175 g/mol. The summed E-state index contributed by atoms with van der Waals surface area (Å²) in [7, 11) is 1.70. The van der Waals surface area contributed by atoms with Crippen molar-refractivity contribution in [1.82, 2.24) is 0 Å². The van der Waals surface area contributed by atoms with Crippen molar-refractivity contribution < 1.29 is 56.1 Å². The van der Waals surface area contributed by atoms with E-state index in [4.69, 9.17) is 4.74 Å². The summed E-state index contributed by atoms with van der Waals surface area (Å²) in [4.78, 5) is 0. The first-order valence-electron chi connectivity index (χ1n) is 3.87. The van der Waals surface area contributed by atoms with E-state index in [0.29, 0.717) is 5.92 Å². The van der Waals surface area contributed by atoms with Gasteiger partial charge in [-0.05, 0) is 12.1 Å². The molecule has 0 spiro atoms. The van der Waals surface area contributed by atoms with E-state index >= 15 is 0 Å². The second-order valence-corrected chi connectivity index (χ2v) is 2.85. The van der Waals surface area contributed by atoms with E-state index in [1.165, 1.54) is 12.0 Å². The van der Waals surface area contributed by atoms with Gasteiger partial charge in [-0.25, -0.2) is 0 Å². The van der Waals surface area contributed by atoms with Crippen molar-refractivity contribution >= 4 is 0 Å². The summed E-state index contributed by atoms with van der Waals surface area (Å²) in [6.07, 6.45) is 3.53. The van der Waals surface area contributed by atoms with Gasteiger partial charge < -0.3 is 11.2 Å². The molecule has 2 heteroatoms. The Labute approximate surface area is 116 Å². The molecule has 58 valence electrons. The van der Waals surface area contributed by atoms with E-state index in [1.807, 2.05) is 12.1 Å². The van der Waals surface area contributed by atoms with Crippen molar-refractivity contribution in [3.63, 3.8) is 0 Å². The van der Waals surface area contributed by atoms with Gasteiger partial charge in [0.25, 0.3) is 0 Å². The number of hydrogen-bond donors (Lipinski definition) is 0. The average Bonchev–Trinajstić information content (AvgIpc) is 2.87. The minimum Gasteiger partial charge on any atom is -0.497 e. The molecule has 0 saturated heterocycles. The number of methoxy groups -OCH3 is 1. The molecule has 1 atom stereocenters. The third kappa shape index (κ3) is 2.57. The van der Waals surface area contributed by atoms with Gasteiger partial charge in [-0.3, -0.25) is 0 Å². The summed E-state index contributed by atoms with van der Waals surface area (Å²) < 4.78 is 5.12. The fraction of sp³-hybridized carbons (Fsp3) is 0.300. The monoisotopic (exact) mass is 186 g/mol. The Morgan fingerprint density at radius 2 is 2.25 bits per heavy atom. The molecule has 1 nitrogen and oxygen atoms in total. The van der Waals surface area contributed by atoms with Crippen LogP contribution in [-0.4, -0.2) is 7.11 Å². The van der Waals surface area contributed by atoms with Crippen LogP contribution in [0.3, 0.4) is 0 Å². The molecular formula is C10H11KO. The molecule has 1 aromatic rings. The molecule has 12 heavy (non-hydrogen) atoms.